The lowest BCUT2D eigenvalue weighted by molar-refractivity contribution is -0.137. The molecule has 0 spiro atoms. The normalized spacial score (nSPS) is 11.8. The molecule has 31 heavy (non-hydrogen) atoms. The van der Waals surface area contributed by atoms with Gasteiger partial charge in [0.2, 0.25) is 0 Å². The molecule has 1 amide bonds. The number of hydrogen-bond donors (Lipinski definition) is 1. The predicted molar refractivity (Wildman–Crippen MR) is 107 cm³/mol. The number of aryl methyl sites for hydroxylation is 1. The van der Waals surface area contributed by atoms with Crippen LogP contribution in [0.5, 0.6) is 0 Å². The zero-order valence-corrected chi connectivity index (χ0v) is 16.5. The van der Waals surface area contributed by atoms with Crippen LogP contribution in [0.25, 0.3) is 11.1 Å². The van der Waals surface area contributed by atoms with E-state index in [0.29, 0.717) is 28.0 Å². The number of furan rings is 1. The number of hydrogen-bond acceptors (Lipinski definition) is 2. The number of nitrogens with one attached hydrogen (secondary N) is 1. The summed E-state index contributed by atoms with van der Waals surface area (Å²) in [7, 11) is 0. The highest BCUT2D eigenvalue weighted by molar-refractivity contribution is 5.97. The van der Waals surface area contributed by atoms with Gasteiger partial charge in [-0.15, -0.1) is 0 Å². The molecule has 2 aromatic carbocycles. The third-order valence-electron chi connectivity index (χ3n) is 4.91. The molecule has 0 aliphatic carbocycles. The molecule has 0 saturated carbocycles. The van der Waals surface area contributed by atoms with Crippen LogP contribution in [0.15, 0.2) is 65.1 Å². The van der Waals surface area contributed by atoms with Crippen molar-refractivity contribution >= 4 is 17.0 Å². The molecule has 0 aliphatic heterocycles. The van der Waals surface area contributed by atoms with E-state index < -0.39 is 17.6 Å². The number of carbonyl (C=O) groups is 1. The molecule has 4 rings (SSSR count). The number of amides is 1. The molecular formula is C23H18F4N2O2. The lowest BCUT2D eigenvalue weighted by Gasteiger charge is -2.13. The van der Waals surface area contributed by atoms with Gasteiger partial charge in [0.25, 0.3) is 5.91 Å². The summed E-state index contributed by atoms with van der Waals surface area (Å²) in [4.78, 5) is 12.8. The summed E-state index contributed by atoms with van der Waals surface area (Å²) >= 11 is 0. The van der Waals surface area contributed by atoms with Crippen molar-refractivity contribution in [2.24, 2.45) is 0 Å². The Hall–Kier alpha value is -3.55. The van der Waals surface area contributed by atoms with E-state index in [-0.39, 0.29) is 24.6 Å². The SMILES string of the molecule is Cc1cc2c(cc(C(=O)NCc3ccc(F)cc3)n2Cc2cccc(C(F)(F)F)c2)o1. The molecule has 0 aliphatic rings. The molecule has 2 aromatic heterocycles. The number of alkyl halides is 3. The van der Waals surface area contributed by atoms with Gasteiger partial charge in [-0.05, 0) is 42.3 Å². The summed E-state index contributed by atoms with van der Waals surface area (Å²) < 4.78 is 59.6. The van der Waals surface area contributed by atoms with Crippen LogP contribution in [-0.4, -0.2) is 10.5 Å². The third kappa shape index (κ3) is 4.47. The first-order chi connectivity index (χ1) is 14.7. The number of halogens is 4. The minimum absolute atomic E-state index is 0.0612. The van der Waals surface area contributed by atoms with Crippen molar-refractivity contribution in [3.63, 3.8) is 0 Å². The van der Waals surface area contributed by atoms with E-state index in [1.165, 1.54) is 18.2 Å². The second kappa shape index (κ2) is 7.94. The van der Waals surface area contributed by atoms with Gasteiger partial charge in [0, 0.05) is 25.2 Å². The van der Waals surface area contributed by atoms with Gasteiger partial charge in [0.05, 0.1) is 11.1 Å². The number of benzene rings is 2. The second-order valence-corrected chi connectivity index (χ2v) is 7.23. The maximum atomic E-state index is 13.1. The Bertz CT molecular complexity index is 1240. The van der Waals surface area contributed by atoms with E-state index in [2.05, 4.69) is 5.32 Å². The van der Waals surface area contributed by atoms with E-state index in [1.54, 1.807) is 41.8 Å². The number of fused-ring (bicyclic) bond motifs is 1. The van der Waals surface area contributed by atoms with Crippen LogP contribution in [0.3, 0.4) is 0 Å². The van der Waals surface area contributed by atoms with E-state index in [9.17, 15) is 22.4 Å². The van der Waals surface area contributed by atoms with Crippen molar-refractivity contribution in [1.29, 1.82) is 0 Å². The van der Waals surface area contributed by atoms with Gasteiger partial charge in [-0.25, -0.2) is 4.39 Å². The van der Waals surface area contributed by atoms with Crippen molar-refractivity contribution in [3.05, 3.63) is 94.6 Å². The molecule has 8 heteroatoms. The van der Waals surface area contributed by atoms with Gasteiger partial charge in [-0.2, -0.15) is 13.2 Å². The maximum absolute atomic E-state index is 13.1. The van der Waals surface area contributed by atoms with Gasteiger partial charge in [0.15, 0.2) is 5.58 Å². The Morgan fingerprint density at radius 2 is 1.77 bits per heavy atom. The first-order valence-corrected chi connectivity index (χ1v) is 9.49. The molecule has 0 bridgehead atoms. The predicted octanol–water partition coefficient (Wildman–Crippen LogP) is 5.68. The van der Waals surface area contributed by atoms with Gasteiger partial charge in [-0.1, -0.05) is 24.3 Å². The molecule has 0 atom stereocenters. The Balaban J connectivity index is 1.64. The van der Waals surface area contributed by atoms with E-state index >= 15 is 0 Å². The first-order valence-electron chi connectivity index (χ1n) is 9.49. The Kier molecular flexibility index (Phi) is 5.31. The van der Waals surface area contributed by atoms with Gasteiger partial charge in [-0.3, -0.25) is 4.79 Å². The number of carbonyl (C=O) groups excluding carboxylic acids is 1. The highest BCUT2D eigenvalue weighted by atomic mass is 19.4. The molecule has 4 aromatic rings. The molecule has 0 saturated heterocycles. The second-order valence-electron chi connectivity index (χ2n) is 7.23. The molecule has 0 fully saturated rings. The number of nitrogens with zero attached hydrogens (tertiary/aromatic N) is 1. The molecule has 4 nitrogen and oxygen atoms in total. The fourth-order valence-electron chi connectivity index (χ4n) is 3.43. The standard InChI is InChI=1S/C23H18F4N2O2/c1-14-9-19-21(31-14)11-20(22(30)28-12-15-5-7-18(24)8-6-15)29(19)13-16-3-2-4-17(10-16)23(25,26)27/h2-11H,12-13H2,1H3,(H,28,30). The molecule has 2 heterocycles. The van der Waals surface area contributed by atoms with E-state index in [4.69, 9.17) is 4.42 Å². The summed E-state index contributed by atoms with van der Waals surface area (Å²) in [5.41, 5.74) is 1.70. The van der Waals surface area contributed by atoms with Crippen LogP contribution < -0.4 is 5.32 Å². The van der Waals surface area contributed by atoms with Crippen molar-refractivity contribution in [2.75, 3.05) is 0 Å². The highest BCUT2D eigenvalue weighted by Crippen LogP contribution is 2.30. The summed E-state index contributed by atoms with van der Waals surface area (Å²) in [5.74, 6) is -0.165. The minimum Gasteiger partial charge on any atom is -0.460 e. The molecule has 0 radical (unpaired) electrons. The van der Waals surface area contributed by atoms with Crippen molar-refractivity contribution < 1.29 is 26.8 Å². The fraction of sp³-hybridized carbons (Fsp3) is 0.174. The van der Waals surface area contributed by atoms with Crippen molar-refractivity contribution in [2.45, 2.75) is 26.2 Å². The summed E-state index contributed by atoms with van der Waals surface area (Å²) in [5, 5.41) is 2.76. The maximum Gasteiger partial charge on any atom is 0.416 e. The fourth-order valence-corrected chi connectivity index (χ4v) is 3.43. The van der Waals surface area contributed by atoms with Gasteiger partial charge < -0.3 is 14.3 Å². The smallest absolute Gasteiger partial charge is 0.416 e. The number of aromatic nitrogens is 1. The Morgan fingerprint density at radius 1 is 1.03 bits per heavy atom. The van der Waals surface area contributed by atoms with Crippen LogP contribution in [0, 0.1) is 12.7 Å². The average Bonchev–Trinajstić information content (AvgIpc) is 3.24. The lowest BCUT2D eigenvalue weighted by Crippen LogP contribution is -2.25. The molecule has 1 N–H and O–H groups in total. The van der Waals surface area contributed by atoms with Crippen molar-refractivity contribution in [3.8, 4) is 0 Å². The molecular weight excluding hydrogens is 412 g/mol. The number of rotatable bonds is 5. The highest BCUT2D eigenvalue weighted by Gasteiger charge is 2.30. The largest absolute Gasteiger partial charge is 0.460 e. The van der Waals surface area contributed by atoms with Gasteiger partial charge in [0.1, 0.15) is 17.3 Å². The van der Waals surface area contributed by atoms with Crippen LogP contribution >= 0.6 is 0 Å². The first kappa shape index (κ1) is 20.7. The molecule has 160 valence electrons. The summed E-state index contributed by atoms with van der Waals surface area (Å²) in [6.07, 6.45) is -4.45. The summed E-state index contributed by atoms with van der Waals surface area (Å²) in [6, 6.07) is 14.0. The lowest BCUT2D eigenvalue weighted by atomic mass is 10.1. The minimum atomic E-state index is -4.45. The monoisotopic (exact) mass is 430 g/mol. The van der Waals surface area contributed by atoms with Crippen molar-refractivity contribution in [1.82, 2.24) is 9.88 Å². The zero-order valence-electron chi connectivity index (χ0n) is 16.5. The summed E-state index contributed by atoms with van der Waals surface area (Å²) in [6.45, 7) is 1.99. The average molecular weight is 430 g/mol. The molecule has 0 unspecified atom stereocenters. The van der Waals surface area contributed by atoms with Gasteiger partial charge >= 0.3 is 6.18 Å². The zero-order chi connectivity index (χ0) is 22.2. The topological polar surface area (TPSA) is 47.2 Å². The van der Waals surface area contributed by atoms with Crippen LogP contribution in [0.4, 0.5) is 17.6 Å². The van der Waals surface area contributed by atoms with E-state index in [0.717, 1.165) is 12.1 Å². The van der Waals surface area contributed by atoms with E-state index in [1.807, 2.05) is 0 Å². The Labute approximate surface area is 175 Å². The quantitative estimate of drug-likeness (QED) is 0.414. The Morgan fingerprint density at radius 3 is 2.48 bits per heavy atom. The van der Waals surface area contributed by atoms with Crippen LogP contribution in [0.2, 0.25) is 0 Å². The van der Waals surface area contributed by atoms with Crippen LogP contribution in [0.1, 0.15) is 32.9 Å². The van der Waals surface area contributed by atoms with Crippen LogP contribution in [-0.2, 0) is 19.3 Å². The third-order valence-corrected chi connectivity index (χ3v) is 4.91.